The van der Waals surface area contributed by atoms with E-state index in [0.29, 0.717) is 24.6 Å². The van der Waals surface area contributed by atoms with E-state index in [1.54, 1.807) is 6.20 Å². The van der Waals surface area contributed by atoms with Crippen molar-refractivity contribution in [1.82, 2.24) is 20.1 Å². The monoisotopic (exact) mass is 412 g/mol. The number of oxazole rings is 1. The summed E-state index contributed by atoms with van der Waals surface area (Å²) in [6, 6.07) is 7.73. The number of carbonyl (C=O) groups excluding carboxylic acids is 1. The molecule has 0 saturated carbocycles. The zero-order valence-electron chi connectivity index (χ0n) is 16.7. The zero-order chi connectivity index (χ0) is 20.4. The Kier molecular flexibility index (Phi) is 5.72. The van der Waals surface area contributed by atoms with Crippen LogP contribution in [0.3, 0.4) is 0 Å². The van der Waals surface area contributed by atoms with Gasteiger partial charge in [0.2, 0.25) is 0 Å². The Morgan fingerprint density at radius 3 is 2.86 bits per heavy atom. The molecular weight excluding hydrogens is 388 g/mol. The number of nitrogens with zero attached hydrogens (tertiary/aromatic N) is 3. The SMILES string of the molecule is CCc1[nH]nc(C(=O)N2CCC[C@H](c3ncc(Cc4ccc(Cl)cc4)o3)C2)c1C. The average Bonchev–Trinajstić information content (AvgIpc) is 3.36. The number of likely N-dealkylation sites (tertiary alicyclic amines) is 1. The van der Waals surface area contributed by atoms with Crippen molar-refractivity contribution in [1.29, 1.82) is 0 Å². The van der Waals surface area contributed by atoms with Crippen molar-refractivity contribution in [2.45, 2.75) is 45.4 Å². The highest BCUT2D eigenvalue weighted by molar-refractivity contribution is 6.30. The molecule has 0 radical (unpaired) electrons. The number of aromatic amines is 1. The van der Waals surface area contributed by atoms with Gasteiger partial charge in [-0.15, -0.1) is 0 Å². The molecule has 1 aliphatic rings. The molecule has 0 spiro atoms. The molecule has 152 valence electrons. The number of aryl methyl sites for hydroxylation is 1. The number of hydrogen-bond acceptors (Lipinski definition) is 4. The molecule has 0 unspecified atom stereocenters. The van der Waals surface area contributed by atoms with E-state index in [9.17, 15) is 4.79 Å². The van der Waals surface area contributed by atoms with Crippen LogP contribution in [0.15, 0.2) is 34.9 Å². The Morgan fingerprint density at radius 1 is 1.34 bits per heavy atom. The van der Waals surface area contributed by atoms with E-state index in [1.165, 1.54) is 0 Å². The number of benzene rings is 1. The summed E-state index contributed by atoms with van der Waals surface area (Å²) in [5.74, 6) is 1.62. The molecule has 6 nitrogen and oxygen atoms in total. The van der Waals surface area contributed by atoms with E-state index in [4.69, 9.17) is 16.0 Å². The summed E-state index contributed by atoms with van der Waals surface area (Å²) in [5, 5.41) is 7.95. The minimum Gasteiger partial charge on any atom is -0.445 e. The van der Waals surface area contributed by atoms with Crippen LogP contribution in [-0.2, 0) is 12.8 Å². The first-order valence-electron chi connectivity index (χ1n) is 10.1. The average molecular weight is 413 g/mol. The molecule has 2 aromatic heterocycles. The molecule has 0 bridgehead atoms. The molecule has 1 N–H and O–H groups in total. The maximum absolute atomic E-state index is 13.0. The molecular formula is C22H25ClN4O2. The third-order valence-electron chi connectivity index (χ3n) is 5.59. The van der Waals surface area contributed by atoms with Crippen LogP contribution in [0.4, 0.5) is 0 Å². The van der Waals surface area contributed by atoms with E-state index in [-0.39, 0.29) is 11.8 Å². The lowest BCUT2D eigenvalue weighted by Gasteiger charge is -2.31. The van der Waals surface area contributed by atoms with Crippen molar-refractivity contribution < 1.29 is 9.21 Å². The summed E-state index contributed by atoms with van der Waals surface area (Å²) in [5.41, 5.74) is 3.61. The third-order valence-corrected chi connectivity index (χ3v) is 5.84. The number of H-pyrrole nitrogens is 1. The molecule has 0 aliphatic carbocycles. The standard InChI is InChI=1S/C22H25ClN4O2/c1-3-19-14(2)20(26-25-19)22(28)27-10-4-5-16(13-27)21-24-12-18(29-21)11-15-6-8-17(23)9-7-15/h6-9,12,16H,3-5,10-11,13H2,1-2H3,(H,25,26)/t16-/m0/s1. The molecule has 7 heteroatoms. The summed E-state index contributed by atoms with van der Waals surface area (Å²) in [6.45, 7) is 5.35. The summed E-state index contributed by atoms with van der Waals surface area (Å²) < 4.78 is 6.03. The van der Waals surface area contributed by atoms with Crippen LogP contribution >= 0.6 is 11.6 Å². The third kappa shape index (κ3) is 4.22. The Bertz CT molecular complexity index is 993. The summed E-state index contributed by atoms with van der Waals surface area (Å²) in [4.78, 5) is 19.4. The van der Waals surface area contributed by atoms with Gasteiger partial charge >= 0.3 is 0 Å². The molecule has 3 aromatic rings. The molecule has 4 rings (SSSR count). The van der Waals surface area contributed by atoms with Gasteiger partial charge in [-0.1, -0.05) is 30.7 Å². The van der Waals surface area contributed by atoms with Crippen LogP contribution in [-0.4, -0.2) is 39.1 Å². The number of nitrogens with one attached hydrogen (secondary N) is 1. The number of piperidine rings is 1. The number of amides is 1. The van der Waals surface area contributed by atoms with E-state index >= 15 is 0 Å². The molecule has 1 fully saturated rings. The van der Waals surface area contributed by atoms with Crippen molar-refractivity contribution >= 4 is 17.5 Å². The lowest BCUT2D eigenvalue weighted by atomic mass is 9.97. The Labute approximate surface area is 175 Å². The predicted molar refractivity (Wildman–Crippen MR) is 111 cm³/mol. The number of aromatic nitrogens is 3. The predicted octanol–water partition coefficient (Wildman–Crippen LogP) is 4.53. The molecule has 1 aliphatic heterocycles. The first kappa shape index (κ1) is 19.7. The van der Waals surface area contributed by atoms with Gasteiger partial charge in [-0.05, 0) is 43.9 Å². The normalized spacial score (nSPS) is 16.9. The second kappa shape index (κ2) is 8.41. The van der Waals surface area contributed by atoms with Crippen LogP contribution in [0.5, 0.6) is 0 Å². The number of carbonyl (C=O) groups is 1. The molecule has 1 aromatic carbocycles. The number of hydrogen-bond donors (Lipinski definition) is 1. The number of halogens is 1. The van der Waals surface area contributed by atoms with Crippen LogP contribution in [0.2, 0.25) is 5.02 Å². The van der Waals surface area contributed by atoms with Gasteiger partial charge in [0.1, 0.15) is 5.76 Å². The Hall–Kier alpha value is -2.60. The highest BCUT2D eigenvalue weighted by atomic mass is 35.5. The van der Waals surface area contributed by atoms with Gasteiger partial charge in [0, 0.05) is 35.8 Å². The maximum Gasteiger partial charge on any atom is 0.274 e. The van der Waals surface area contributed by atoms with Crippen molar-refractivity contribution in [2.75, 3.05) is 13.1 Å². The fraction of sp³-hybridized carbons (Fsp3) is 0.409. The van der Waals surface area contributed by atoms with Crippen molar-refractivity contribution in [2.24, 2.45) is 0 Å². The van der Waals surface area contributed by atoms with Gasteiger partial charge in [0.25, 0.3) is 5.91 Å². The first-order chi connectivity index (χ1) is 14.0. The van der Waals surface area contributed by atoms with E-state index in [0.717, 1.165) is 53.4 Å². The lowest BCUT2D eigenvalue weighted by molar-refractivity contribution is 0.0691. The van der Waals surface area contributed by atoms with E-state index in [2.05, 4.69) is 22.1 Å². The van der Waals surface area contributed by atoms with Gasteiger partial charge < -0.3 is 9.32 Å². The highest BCUT2D eigenvalue weighted by Gasteiger charge is 2.30. The van der Waals surface area contributed by atoms with E-state index < -0.39 is 0 Å². The van der Waals surface area contributed by atoms with Gasteiger partial charge in [-0.3, -0.25) is 9.89 Å². The summed E-state index contributed by atoms with van der Waals surface area (Å²) in [6.07, 6.45) is 5.18. The zero-order valence-corrected chi connectivity index (χ0v) is 17.5. The largest absolute Gasteiger partial charge is 0.445 e. The van der Waals surface area contributed by atoms with Crippen molar-refractivity contribution in [3.8, 4) is 0 Å². The maximum atomic E-state index is 13.0. The fourth-order valence-electron chi connectivity index (χ4n) is 3.90. The second-order valence-electron chi connectivity index (χ2n) is 7.59. The molecule has 1 atom stereocenters. The van der Waals surface area contributed by atoms with E-state index in [1.807, 2.05) is 36.1 Å². The molecule has 1 saturated heterocycles. The summed E-state index contributed by atoms with van der Waals surface area (Å²) in [7, 11) is 0. The van der Waals surface area contributed by atoms with Crippen LogP contribution in [0.25, 0.3) is 0 Å². The molecule has 3 heterocycles. The molecule has 29 heavy (non-hydrogen) atoms. The smallest absolute Gasteiger partial charge is 0.274 e. The minimum atomic E-state index is -0.0175. The Balaban J connectivity index is 1.44. The highest BCUT2D eigenvalue weighted by Crippen LogP contribution is 2.28. The van der Waals surface area contributed by atoms with Crippen LogP contribution in [0.1, 0.15) is 64.6 Å². The first-order valence-corrected chi connectivity index (χ1v) is 10.4. The van der Waals surface area contributed by atoms with Gasteiger partial charge in [0.05, 0.1) is 12.1 Å². The van der Waals surface area contributed by atoms with Crippen molar-refractivity contribution in [3.05, 3.63) is 69.7 Å². The van der Waals surface area contributed by atoms with Crippen LogP contribution in [0, 0.1) is 6.92 Å². The molecule has 1 amide bonds. The quantitative estimate of drug-likeness (QED) is 0.667. The van der Waals surface area contributed by atoms with Gasteiger partial charge in [0.15, 0.2) is 11.6 Å². The van der Waals surface area contributed by atoms with Gasteiger partial charge in [-0.2, -0.15) is 5.10 Å². The lowest BCUT2D eigenvalue weighted by Crippen LogP contribution is -2.39. The van der Waals surface area contributed by atoms with Crippen LogP contribution < -0.4 is 0 Å². The number of rotatable bonds is 5. The van der Waals surface area contributed by atoms with Gasteiger partial charge in [-0.25, -0.2) is 4.98 Å². The summed E-state index contributed by atoms with van der Waals surface area (Å²) >= 11 is 5.95. The Morgan fingerprint density at radius 2 is 2.14 bits per heavy atom. The second-order valence-corrected chi connectivity index (χ2v) is 8.02. The van der Waals surface area contributed by atoms with Crippen molar-refractivity contribution in [3.63, 3.8) is 0 Å². The fourth-order valence-corrected chi connectivity index (χ4v) is 4.02. The minimum absolute atomic E-state index is 0.0175. The topological polar surface area (TPSA) is 75.0 Å².